The van der Waals surface area contributed by atoms with E-state index in [1.165, 1.54) is 0 Å². The molecule has 0 radical (unpaired) electrons. The number of carbonyl (C=O) groups excluding carboxylic acids is 1. The van der Waals surface area contributed by atoms with Gasteiger partial charge in [0.2, 0.25) is 0 Å². The fraction of sp³-hybridized carbons (Fsp3) is 0.100. The predicted molar refractivity (Wildman–Crippen MR) is 103 cm³/mol. The molecule has 2 aromatic carbocycles. The van der Waals surface area contributed by atoms with Crippen molar-refractivity contribution in [1.29, 1.82) is 0 Å². The van der Waals surface area contributed by atoms with E-state index in [-0.39, 0.29) is 12.5 Å². The number of carbonyl (C=O) groups is 1. The van der Waals surface area contributed by atoms with Gasteiger partial charge >= 0.3 is 0 Å². The molecule has 6 heteroatoms. The van der Waals surface area contributed by atoms with Crippen LogP contribution in [0.4, 0.5) is 0 Å². The number of amides is 1. The zero-order chi connectivity index (χ0) is 18.4. The van der Waals surface area contributed by atoms with Gasteiger partial charge in [0.15, 0.2) is 6.61 Å². The summed E-state index contributed by atoms with van der Waals surface area (Å²) in [6.07, 6.45) is 1.61. The molecule has 0 saturated heterocycles. The molecule has 0 atom stereocenters. The highest BCUT2D eigenvalue weighted by molar-refractivity contribution is 6.30. The highest BCUT2D eigenvalue weighted by atomic mass is 35.5. The number of hydrogen-bond donors (Lipinski definition) is 1. The number of halogens is 1. The Morgan fingerprint density at radius 3 is 2.73 bits per heavy atom. The van der Waals surface area contributed by atoms with E-state index in [4.69, 9.17) is 16.3 Å². The van der Waals surface area contributed by atoms with Crippen molar-refractivity contribution in [2.45, 2.75) is 6.92 Å². The van der Waals surface area contributed by atoms with E-state index in [0.29, 0.717) is 10.8 Å². The molecule has 3 rings (SSSR count). The molecule has 1 amide bonds. The summed E-state index contributed by atoms with van der Waals surface area (Å²) < 4.78 is 7.43. The Balaban J connectivity index is 1.60. The molecule has 0 aliphatic rings. The molecule has 0 fully saturated rings. The monoisotopic (exact) mass is 367 g/mol. The summed E-state index contributed by atoms with van der Waals surface area (Å²) in [7, 11) is 0. The van der Waals surface area contributed by atoms with Gasteiger partial charge in [0.05, 0.1) is 11.9 Å². The topological polar surface area (TPSA) is 55.6 Å². The summed E-state index contributed by atoms with van der Waals surface area (Å²) in [5.41, 5.74) is 5.44. The maximum atomic E-state index is 11.9. The molecule has 0 bridgehead atoms. The van der Waals surface area contributed by atoms with Gasteiger partial charge in [-0.25, -0.2) is 5.43 Å². The molecule has 132 valence electrons. The molecule has 0 spiro atoms. The Kier molecular flexibility index (Phi) is 5.71. The standard InChI is InChI=1S/C20H18ClN3O2/c1-15-10-11-18(24(15)17-7-3-2-4-8-17)13-22-23-20(25)14-26-19-9-5-6-16(21)12-19/h2-13H,14H2,1H3,(H,23,25)/b22-13-. The minimum Gasteiger partial charge on any atom is -0.484 e. The van der Waals surface area contributed by atoms with Crippen molar-refractivity contribution in [2.75, 3.05) is 6.61 Å². The maximum absolute atomic E-state index is 11.9. The second kappa shape index (κ2) is 8.36. The Morgan fingerprint density at radius 2 is 1.96 bits per heavy atom. The summed E-state index contributed by atoms with van der Waals surface area (Å²) in [5.74, 6) is 0.181. The number of benzene rings is 2. The van der Waals surface area contributed by atoms with Crippen molar-refractivity contribution < 1.29 is 9.53 Å². The molecule has 0 saturated carbocycles. The first-order valence-electron chi connectivity index (χ1n) is 8.07. The number of nitrogens with zero attached hydrogens (tertiary/aromatic N) is 2. The van der Waals surface area contributed by atoms with E-state index in [9.17, 15) is 4.79 Å². The summed E-state index contributed by atoms with van der Waals surface area (Å²) in [6.45, 7) is 1.87. The van der Waals surface area contributed by atoms with E-state index < -0.39 is 0 Å². The summed E-state index contributed by atoms with van der Waals surface area (Å²) in [6, 6.07) is 20.8. The molecule has 0 unspecified atom stereocenters. The third-order valence-corrected chi connectivity index (χ3v) is 3.91. The molecule has 3 aromatic rings. The minimum absolute atomic E-state index is 0.142. The number of hydrazone groups is 1. The molecule has 1 aromatic heterocycles. The molecule has 1 heterocycles. The number of nitrogens with one attached hydrogen (secondary N) is 1. The lowest BCUT2D eigenvalue weighted by atomic mass is 10.3. The number of rotatable bonds is 6. The lowest BCUT2D eigenvalue weighted by molar-refractivity contribution is -0.123. The lowest BCUT2D eigenvalue weighted by Gasteiger charge is -2.09. The molecule has 5 nitrogen and oxygen atoms in total. The minimum atomic E-state index is -0.351. The van der Waals surface area contributed by atoms with Crippen LogP contribution in [0, 0.1) is 6.92 Å². The van der Waals surface area contributed by atoms with Crippen LogP contribution in [0.2, 0.25) is 5.02 Å². The van der Waals surface area contributed by atoms with Crippen LogP contribution in [0.25, 0.3) is 5.69 Å². The van der Waals surface area contributed by atoms with Crippen molar-refractivity contribution in [1.82, 2.24) is 9.99 Å². The van der Waals surface area contributed by atoms with Crippen LogP contribution < -0.4 is 10.2 Å². The number of aromatic nitrogens is 1. The zero-order valence-electron chi connectivity index (χ0n) is 14.2. The Labute approximate surface area is 156 Å². The Morgan fingerprint density at radius 1 is 1.15 bits per heavy atom. The first kappa shape index (κ1) is 17.8. The third-order valence-electron chi connectivity index (χ3n) is 3.67. The third kappa shape index (κ3) is 4.52. The van der Waals surface area contributed by atoms with Crippen molar-refractivity contribution in [3.8, 4) is 11.4 Å². The highest BCUT2D eigenvalue weighted by Gasteiger charge is 2.06. The molecule has 0 aliphatic carbocycles. The quantitative estimate of drug-likeness (QED) is 0.529. The largest absolute Gasteiger partial charge is 0.484 e. The summed E-state index contributed by atoms with van der Waals surface area (Å²) in [4.78, 5) is 11.9. The van der Waals surface area contributed by atoms with Crippen molar-refractivity contribution >= 4 is 23.7 Å². The van der Waals surface area contributed by atoms with Gasteiger partial charge in [-0.3, -0.25) is 4.79 Å². The van der Waals surface area contributed by atoms with Crippen LogP contribution in [0.15, 0.2) is 71.8 Å². The average molecular weight is 368 g/mol. The van der Waals surface area contributed by atoms with Crippen LogP contribution in [-0.4, -0.2) is 23.3 Å². The fourth-order valence-electron chi connectivity index (χ4n) is 2.50. The van der Waals surface area contributed by atoms with Gasteiger partial charge in [-0.15, -0.1) is 0 Å². The average Bonchev–Trinajstić information content (AvgIpc) is 3.01. The first-order valence-corrected chi connectivity index (χ1v) is 8.45. The lowest BCUT2D eigenvalue weighted by Crippen LogP contribution is -2.24. The van der Waals surface area contributed by atoms with E-state index in [1.54, 1.807) is 30.5 Å². The van der Waals surface area contributed by atoms with Crippen LogP contribution in [0.5, 0.6) is 5.75 Å². The Bertz CT molecular complexity index is 920. The number of ether oxygens (including phenoxy) is 1. The first-order chi connectivity index (χ1) is 12.6. The fourth-order valence-corrected chi connectivity index (χ4v) is 2.68. The molecule has 26 heavy (non-hydrogen) atoms. The smallest absolute Gasteiger partial charge is 0.277 e. The van der Waals surface area contributed by atoms with Crippen LogP contribution in [-0.2, 0) is 4.79 Å². The van der Waals surface area contributed by atoms with Gasteiger partial charge in [0.25, 0.3) is 5.91 Å². The molecule has 0 aliphatic heterocycles. The summed E-state index contributed by atoms with van der Waals surface area (Å²) in [5, 5.41) is 4.57. The number of aryl methyl sites for hydroxylation is 1. The van der Waals surface area contributed by atoms with Gasteiger partial charge in [0, 0.05) is 16.4 Å². The normalized spacial score (nSPS) is 10.8. The van der Waals surface area contributed by atoms with Crippen LogP contribution >= 0.6 is 11.6 Å². The van der Waals surface area contributed by atoms with Crippen molar-refractivity contribution in [3.63, 3.8) is 0 Å². The predicted octanol–water partition coefficient (Wildman–Crippen LogP) is 3.97. The van der Waals surface area contributed by atoms with Gasteiger partial charge in [0.1, 0.15) is 5.75 Å². The van der Waals surface area contributed by atoms with Gasteiger partial charge < -0.3 is 9.30 Å². The van der Waals surface area contributed by atoms with Crippen LogP contribution in [0.3, 0.4) is 0 Å². The Hall–Kier alpha value is -3.05. The second-order valence-electron chi connectivity index (χ2n) is 5.61. The van der Waals surface area contributed by atoms with Gasteiger partial charge in [-0.2, -0.15) is 5.10 Å². The molecular weight excluding hydrogens is 350 g/mol. The highest BCUT2D eigenvalue weighted by Crippen LogP contribution is 2.17. The van der Waals surface area contributed by atoms with Gasteiger partial charge in [-0.1, -0.05) is 35.9 Å². The zero-order valence-corrected chi connectivity index (χ0v) is 15.0. The molecule has 1 N–H and O–H groups in total. The van der Waals surface area contributed by atoms with Crippen LogP contribution in [0.1, 0.15) is 11.4 Å². The van der Waals surface area contributed by atoms with Crippen molar-refractivity contribution in [3.05, 3.63) is 83.1 Å². The van der Waals surface area contributed by atoms with Crippen molar-refractivity contribution in [2.24, 2.45) is 5.10 Å². The van der Waals surface area contributed by atoms with E-state index >= 15 is 0 Å². The maximum Gasteiger partial charge on any atom is 0.277 e. The van der Waals surface area contributed by atoms with Gasteiger partial charge in [-0.05, 0) is 49.4 Å². The van der Waals surface area contributed by atoms with E-state index in [0.717, 1.165) is 17.1 Å². The number of para-hydroxylation sites is 1. The number of hydrogen-bond acceptors (Lipinski definition) is 3. The summed E-state index contributed by atoms with van der Waals surface area (Å²) >= 11 is 5.87. The van der Waals surface area contributed by atoms with E-state index in [2.05, 4.69) is 15.1 Å². The van der Waals surface area contributed by atoms with E-state index in [1.807, 2.05) is 49.4 Å². The SMILES string of the molecule is Cc1ccc(/C=N\NC(=O)COc2cccc(Cl)c2)n1-c1ccccc1. The molecular formula is C20H18ClN3O2. The second-order valence-corrected chi connectivity index (χ2v) is 6.05.